The number of hydrogen-bond acceptors (Lipinski definition) is 4. The number of imide groups is 1. The van der Waals surface area contributed by atoms with Crippen molar-refractivity contribution in [1.29, 1.82) is 0 Å². The average Bonchev–Trinajstić information content (AvgIpc) is 3.20. The number of nitrogens with one attached hydrogen (secondary N) is 1. The van der Waals surface area contributed by atoms with Crippen LogP contribution in [0.2, 0.25) is 0 Å². The molecule has 1 saturated heterocycles. The molecule has 0 spiro atoms. The van der Waals surface area contributed by atoms with E-state index >= 15 is 0 Å². The third-order valence-electron chi connectivity index (χ3n) is 5.15. The lowest BCUT2D eigenvalue weighted by Crippen LogP contribution is -2.36. The first-order valence-corrected chi connectivity index (χ1v) is 10.8. The second-order valence-corrected chi connectivity index (χ2v) is 8.43. The van der Waals surface area contributed by atoms with Crippen LogP contribution >= 0.6 is 11.8 Å². The highest BCUT2D eigenvalue weighted by atomic mass is 32.2. The van der Waals surface area contributed by atoms with Crippen molar-refractivity contribution >= 4 is 40.6 Å². The largest absolute Gasteiger partial charge is 0.322 e. The molecule has 1 aliphatic rings. The van der Waals surface area contributed by atoms with Crippen molar-refractivity contribution in [2.45, 2.75) is 13.8 Å². The third kappa shape index (κ3) is 4.58. The smallest absolute Gasteiger partial charge is 0.294 e. The second-order valence-electron chi connectivity index (χ2n) is 7.44. The van der Waals surface area contributed by atoms with Gasteiger partial charge in [0.2, 0.25) is 5.91 Å². The first-order chi connectivity index (χ1) is 15.7. The first-order valence-electron chi connectivity index (χ1n) is 9.99. The summed E-state index contributed by atoms with van der Waals surface area (Å²) in [4.78, 5) is 38.4. The second kappa shape index (κ2) is 9.03. The minimum atomic E-state index is -0.953. The van der Waals surface area contributed by atoms with Gasteiger partial charge in [-0.25, -0.2) is 8.78 Å². The summed E-state index contributed by atoms with van der Waals surface area (Å²) in [5, 5.41) is 1.65. The summed E-state index contributed by atoms with van der Waals surface area (Å²) < 4.78 is 28.8. The predicted octanol–water partition coefficient (Wildman–Crippen LogP) is 5.05. The van der Waals surface area contributed by atoms with E-state index in [1.165, 1.54) is 0 Å². The molecule has 1 aliphatic heterocycles. The van der Waals surface area contributed by atoms with Gasteiger partial charge in [0.15, 0.2) is 0 Å². The Morgan fingerprint density at radius 3 is 2.48 bits per heavy atom. The van der Waals surface area contributed by atoms with Gasteiger partial charge in [-0.1, -0.05) is 18.2 Å². The van der Waals surface area contributed by atoms with Crippen molar-refractivity contribution in [1.82, 2.24) is 9.47 Å². The number of rotatable bonds is 5. The number of thioether (sulfide) groups is 1. The zero-order valence-corrected chi connectivity index (χ0v) is 18.6. The lowest BCUT2D eigenvalue weighted by atomic mass is 10.2. The Morgan fingerprint density at radius 2 is 1.79 bits per heavy atom. The van der Waals surface area contributed by atoms with E-state index in [1.807, 2.05) is 54.8 Å². The van der Waals surface area contributed by atoms with Gasteiger partial charge in [0.1, 0.15) is 18.2 Å². The maximum Gasteiger partial charge on any atom is 0.294 e. The number of aromatic nitrogens is 1. The summed E-state index contributed by atoms with van der Waals surface area (Å²) in [5.41, 5.74) is 3.38. The highest BCUT2D eigenvalue weighted by molar-refractivity contribution is 8.18. The van der Waals surface area contributed by atoms with E-state index in [9.17, 15) is 23.2 Å². The molecule has 4 rings (SSSR count). The van der Waals surface area contributed by atoms with Gasteiger partial charge in [-0.3, -0.25) is 19.3 Å². The summed E-state index contributed by atoms with van der Waals surface area (Å²) in [5.74, 6) is -3.12. The zero-order valence-electron chi connectivity index (χ0n) is 17.8. The van der Waals surface area contributed by atoms with Crippen LogP contribution in [0, 0.1) is 25.5 Å². The first kappa shape index (κ1) is 22.5. The molecule has 3 aromatic rings. The molecule has 9 heteroatoms. The number of carbonyl (C=O) groups excluding carboxylic acids is 3. The number of anilines is 1. The summed E-state index contributed by atoms with van der Waals surface area (Å²) in [6.07, 6.45) is 1.63. The van der Waals surface area contributed by atoms with Gasteiger partial charge in [0.05, 0.1) is 10.6 Å². The van der Waals surface area contributed by atoms with Crippen LogP contribution in [0.5, 0.6) is 0 Å². The number of carbonyl (C=O) groups is 3. The lowest BCUT2D eigenvalue weighted by Gasteiger charge is -2.12. The molecule has 0 bridgehead atoms. The lowest BCUT2D eigenvalue weighted by molar-refractivity contribution is -0.127. The van der Waals surface area contributed by atoms with Crippen molar-refractivity contribution in [3.05, 3.63) is 88.1 Å². The molecule has 0 radical (unpaired) electrons. The fourth-order valence-electron chi connectivity index (χ4n) is 3.61. The molecule has 1 aromatic heterocycles. The van der Waals surface area contributed by atoms with Crippen LogP contribution in [0.4, 0.5) is 19.3 Å². The molecule has 0 unspecified atom stereocenters. The van der Waals surface area contributed by atoms with Crippen molar-refractivity contribution in [2.75, 3.05) is 11.9 Å². The Hall–Kier alpha value is -3.72. The maximum atomic E-state index is 13.8. The van der Waals surface area contributed by atoms with Gasteiger partial charge < -0.3 is 9.88 Å². The average molecular weight is 467 g/mol. The van der Waals surface area contributed by atoms with Gasteiger partial charge in [-0.05, 0) is 67.6 Å². The molecule has 2 heterocycles. The van der Waals surface area contributed by atoms with E-state index in [0.717, 1.165) is 51.4 Å². The molecule has 33 heavy (non-hydrogen) atoms. The highest BCUT2D eigenvalue weighted by Crippen LogP contribution is 2.33. The topological polar surface area (TPSA) is 71.4 Å². The normalized spacial score (nSPS) is 14.9. The quantitative estimate of drug-likeness (QED) is 0.534. The van der Waals surface area contributed by atoms with Crippen LogP contribution in [0.25, 0.3) is 11.8 Å². The van der Waals surface area contributed by atoms with Gasteiger partial charge in [0.25, 0.3) is 11.1 Å². The van der Waals surface area contributed by atoms with E-state index in [2.05, 4.69) is 5.32 Å². The summed E-state index contributed by atoms with van der Waals surface area (Å²) in [6.45, 7) is 3.28. The van der Waals surface area contributed by atoms with Crippen LogP contribution in [-0.4, -0.2) is 33.1 Å². The third-order valence-corrected chi connectivity index (χ3v) is 6.06. The minimum Gasteiger partial charge on any atom is -0.322 e. The Bertz CT molecular complexity index is 1300. The zero-order chi connectivity index (χ0) is 23.7. The van der Waals surface area contributed by atoms with Crippen LogP contribution in [0.15, 0.2) is 59.5 Å². The van der Waals surface area contributed by atoms with Crippen molar-refractivity contribution in [3.63, 3.8) is 0 Å². The molecular formula is C24H19F2N3O3S. The molecule has 0 atom stereocenters. The monoisotopic (exact) mass is 467 g/mol. The van der Waals surface area contributed by atoms with Crippen LogP contribution in [0.3, 0.4) is 0 Å². The highest BCUT2D eigenvalue weighted by Gasteiger charge is 2.36. The number of halogens is 2. The fourth-order valence-corrected chi connectivity index (χ4v) is 4.44. The molecule has 0 saturated carbocycles. The summed E-state index contributed by atoms with van der Waals surface area (Å²) >= 11 is 0.735. The molecule has 6 nitrogen and oxygen atoms in total. The number of para-hydroxylation sites is 1. The summed E-state index contributed by atoms with van der Waals surface area (Å²) in [6, 6.07) is 14.3. The molecule has 3 amide bonds. The van der Waals surface area contributed by atoms with E-state index in [1.54, 1.807) is 6.08 Å². The number of amides is 3. The van der Waals surface area contributed by atoms with Crippen molar-refractivity contribution in [2.24, 2.45) is 0 Å². The molecule has 1 fully saturated rings. The minimum absolute atomic E-state index is 0.189. The van der Waals surface area contributed by atoms with E-state index in [0.29, 0.717) is 6.07 Å². The van der Waals surface area contributed by atoms with Crippen molar-refractivity contribution in [3.8, 4) is 5.69 Å². The van der Waals surface area contributed by atoms with Gasteiger partial charge in [-0.15, -0.1) is 0 Å². The number of nitrogens with zero attached hydrogens (tertiary/aromatic N) is 2. The number of aryl methyl sites for hydroxylation is 1. The van der Waals surface area contributed by atoms with E-state index < -0.39 is 35.2 Å². The molecule has 1 N–H and O–H groups in total. The Kier molecular flexibility index (Phi) is 6.15. The molecule has 2 aromatic carbocycles. The SMILES string of the molecule is Cc1cc(/C=C2/SC(=O)N(CC(=O)Nc3ccc(F)cc3F)C2=O)c(C)n1-c1ccccc1. The molecule has 0 aliphatic carbocycles. The van der Waals surface area contributed by atoms with Crippen LogP contribution < -0.4 is 5.32 Å². The number of hydrogen-bond donors (Lipinski definition) is 1. The Morgan fingerprint density at radius 1 is 1.06 bits per heavy atom. The van der Waals surface area contributed by atoms with E-state index in [4.69, 9.17) is 0 Å². The van der Waals surface area contributed by atoms with Gasteiger partial charge in [-0.2, -0.15) is 0 Å². The Balaban J connectivity index is 1.52. The molecule has 168 valence electrons. The van der Waals surface area contributed by atoms with Crippen molar-refractivity contribution < 1.29 is 23.2 Å². The fraction of sp³-hybridized carbons (Fsp3) is 0.125. The van der Waals surface area contributed by atoms with E-state index in [-0.39, 0.29) is 10.6 Å². The Labute approximate surface area is 192 Å². The van der Waals surface area contributed by atoms with Gasteiger partial charge >= 0.3 is 0 Å². The van der Waals surface area contributed by atoms with Crippen LogP contribution in [-0.2, 0) is 9.59 Å². The standard InChI is InChI=1S/C24H19F2N3O3S/c1-14-10-16(15(2)29(14)18-6-4-3-5-7-18)11-21-23(31)28(24(32)33-21)13-22(30)27-20-9-8-17(25)12-19(20)26/h3-12H,13H2,1-2H3,(H,27,30)/b21-11+. The van der Waals surface area contributed by atoms with Gasteiger partial charge in [0, 0.05) is 23.1 Å². The summed E-state index contributed by atoms with van der Waals surface area (Å²) in [7, 11) is 0. The predicted molar refractivity (Wildman–Crippen MR) is 123 cm³/mol. The molecular weight excluding hydrogens is 448 g/mol. The number of benzene rings is 2. The maximum absolute atomic E-state index is 13.8. The van der Waals surface area contributed by atoms with Crippen LogP contribution in [0.1, 0.15) is 17.0 Å².